The van der Waals surface area contributed by atoms with Gasteiger partial charge in [-0.1, -0.05) is 6.92 Å². The summed E-state index contributed by atoms with van der Waals surface area (Å²) in [6.07, 6.45) is 1.25. The van der Waals surface area contributed by atoms with Gasteiger partial charge >= 0.3 is 5.97 Å². The molecule has 0 aliphatic carbocycles. The molecule has 0 heterocycles. The quantitative estimate of drug-likeness (QED) is 0.456. The Morgan fingerprint density at radius 2 is 2.07 bits per heavy atom. The molecule has 0 fully saturated rings. The van der Waals surface area contributed by atoms with E-state index in [1.807, 2.05) is 0 Å². The summed E-state index contributed by atoms with van der Waals surface area (Å²) in [5.74, 6) is -0.779. The average molecular weight is 200 g/mol. The SMILES string of the molecule is CCOC(=O)CC(C)C(=O)CCC=O. The molecule has 0 aliphatic rings. The van der Waals surface area contributed by atoms with E-state index in [0.717, 1.165) is 0 Å². The van der Waals surface area contributed by atoms with Crippen LogP contribution >= 0.6 is 0 Å². The van der Waals surface area contributed by atoms with Crippen LogP contribution in [0.3, 0.4) is 0 Å². The highest BCUT2D eigenvalue weighted by Gasteiger charge is 2.16. The van der Waals surface area contributed by atoms with E-state index < -0.39 is 0 Å². The minimum absolute atomic E-state index is 0.0647. The lowest BCUT2D eigenvalue weighted by molar-refractivity contribution is -0.145. The Labute approximate surface area is 83.6 Å². The van der Waals surface area contributed by atoms with Crippen LogP contribution in [0, 0.1) is 5.92 Å². The summed E-state index contributed by atoms with van der Waals surface area (Å²) in [5, 5.41) is 0. The van der Waals surface area contributed by atoms with Crippen LogP contribution in [0.25, 0.3) is 0 Å². The number of carbonyl (C=O) groups is 3. The van der Waals surface area contributed by atoms with Crippen LogP contribution in [0.2, 0.25) is 0 Å². The van der Waals surface area contributed by atoms with Gasteiger partial charge in [-0.15, -0.1) is 0 Å². The predicted octanol–water partition coefficient (Wildman–Crippen LogP) is 1.12. The molecule has 0 rings (SSSR count). The fraction of sp³-hybridized carbons (Fsp3) is 0.700. The lowest BCUT2D eigenvalue weighted by Crippen LogP contribution is -2.17. The zero-order valence-electron chi connectivity index (χ0n) is 8.62. The van der Waals surface area contributed by atoms with Gasteiger partial charge in [0.2, 0.25) is 0 Å². The van der Waals surface area contributed by atoms with E-state index in [2.05, 4.69) is 0 Å². The average Bonchev–Trinajstić information content (AvgIpc) is 2.14. The molecule has 0 saturated heterocycles. The van der Waals surface area contributed by atoms with E-state index in [0.29, 0.717) is 12.9 Å². The smallest absolute Gasteiger partial charge is 0.306 e. The summed E-state index contributed by atoms with van der Waals surface area (Å²) in [6.45, 7) is 3.72. The second-order valence-corrected chi connectivity index (χ2v) is 3.08. The number of ketones is 1. The third-order valence-corrected chi connectivity index (χ3v) is 1.84. The molecule has 14 heavy (non-hydrogen) atoms. The van der Waals surface area contributed by atoms with Crippen LogP contribution in [0.1, 0.15) is 33.1 Å². The van der Waals surface area contributed by atoms with Crippen molar-refractivity contribution in [3.63, 3.8) is 0 Å². The Bertz CT molecular complexity index is 210. The minimum atomic E-state index is -0.362. The molecular weight excluding hydrogens is 184 g/mol. The number of esters is 1. The number of carbonyl (C=O) groups excluding carboxylic acids is 3. The van der Waals surface area contributed by atoms with Gasteiger partial charge in [-0.25, -0.2) is 0 Å². The van der Waals surface area contributed by atoms with Crippen molar-refractivity contribution in [3.8, 4) is 0 Å². The van der Waals surface area contributed by atoms with Gasteiger partial charge in [0.15, 0.2) is 0 Å². The predicted molar refractivity (Wildman–Crippen MR) is 50.7 cm³/mol. The largest absolute Gasteiger partial charge is 0.466 e. The lowest BCUT2D eigenvalue weighted by Gasteiger charge is -2.08. The van der Waals surface area contributed by atoms with Crippen molar-refractivity contribution in [3.05, 3.63) is 0 Å². The molecule has 4 heteroatoms. The van der Waals surface area contributed by atoms with Gasteiger partial charge < -0.3 is 9.53 Å². The number of hydrogen-bond donors (Lipinski definition) is 0. The van der Waals surface area contributed by atoms with Crippen LogP contribution in [-0.4, -0.2) is 24.6 Å². The van der Waals surface area contributed by atoms with E-state index in [-0.39, 0.29) is 36.9 Å². The van der Waals surface area contributed by atoms with Crippen LogP contribution in [0.5, 0.6) is 0 Å². The summed E-state index contributed by atoms with van der Waals surface area (Å²) in [4.78, 5) is 32.3. The maximum atomic E-state index is 11.3. The van der Waals surface area contributed by atoms with Crippen molar-refractivity contribution in [2.24, 2.45) is 5.92 Å². The Kier molecular flexibility index (Phi) is 6.62. The van der Waals surface area contributed by atoms with Crippen molar-refractivity contribution in [1.29, 1.82) is 0 Å². The summed E-state index contributed by atoms with van der Waals surface area (Å²) in [7, 11) is 0. The van der Waals surface area contributed by atoms with Crippen molar-refractivity contribution in [2.75, 3.05) is 6.61 Å². The zero-order valence-corrected chi connectivity index (χ0v) is 8.62. The highest BCUT2D eigenvalue weighted by molar-refractivity contribution is 5.86. The third-order valence-electron chi connectivity index (χ3n) is 1.84. The van der Waals surface area contributed by atoms with Gasteiger partial charge in [-0.05, 0) is 6.92 Å². The molecule has 0 amide bonds. The van der Waals surface area contributed by atoms with Gasteiger partial charge in [0, 0.05) is 18.8 Å². The Morgan fingerprint density at radius 1 is 1.43 bits per heavy atom. The van der Waals surface area contributed by atoms with E-state index in [1.165, 1.54) is 0 Å². The molecule has 0 aliphatic heterocycles. The Hall–Kier alpha value is -1.19. The van der Waals surface area contributed by atoms with Crippen LogP contribution in [0.4, 0.5) is 0 Å². The Morgan fingerprint density at radius 3 is 2.57 bits per heavy atom. The second kappa shape index (κ2) is 7.24. The normalized spacial score (nSPS) is 11.9. The molecule has 0 aromatic heterocycles. The maximum absolute atomic E-state index is 11.3. The second-order valence-electron chi connectivity index (χ2n) is 3.08. The highest BCUT2D eigenvalue weighted by Crippen LogP contribution is 2.08. The first-order valence-electron chi connectivity index (χ1n) is 4.73. The Balaban J connectivity index is 3.82. The van der Waals surface area contributed by atoms with Gasteiger partial charge in [0.1, 0.15) is 12.1 Å². The molecule has 0 aromatic carbocycles. The van der Waals surface area contributed by atoms with Gasteiger partial charge in [0.25, 0.3) is 0 Å². The summed E-state index contributed by atoms with van der Waals surface area (Å²) in [5.41, 5.74) is 0. The molecule has 1 unspecified atom stereocenters. The number of aldehydes is 1. The summed E-state index contributed by atoms with van der Waals surface area (Å²) < 4.78 is 4.71. The van der Waals surface area contributed by atoms with Crippen molar-refractivity contribution < 1.29 is 19.1 Å². The minimum Gasteiger partial charge on any atom is -0.466 e. The standard InChI is InChI=1S/C10H16O4/c1-3-14-10(13)7-8(2)9(12)5-4-6-11/h6,8H,3-5,7H2,1-2H3. The van der Waals surface area contributed by atoms with Gasteiger partial charge in [-0.3, -0.25) is 9.59 Å². The van der Waals surface area contributed by atoms with Crippen molar-refractivity contribution in [2.45, 2.75) is 33.1 Å². The first-order valence-corrected chi connectivity index (χ1v) is 4.73. The first-order chi connectivity index (χ1) is 6.61. The molecule has 80 valence electrons. The lowest BCUT2D eigenvalue weighted by atomic mass is 9.99. The monoisotopic (exact) mass is 200 g/mol. The van der Waals surface area contributed by atoms with E-state index in [1.54, 1.807) is 13.8 Å². The molecule has 0 N–H and O–H groups in total. The number of ether oxygens (including phenoxy) is 1. The molecule has 0 radical (unpaired) electrons. The molecule has 4 nitrogen and oxygen atoms in total. The number of Topliss-reactive ketones (excluding diaryl/α,β-unsaturated/α-hetero) is 1. The molecule has 0 aromatic rings. The van der Waals surface area contributed by atoms with Crippen LogP contribution in [-0.2, 0) is 19.1 Å². The number of rotatable bonds is 7. The third kappa shape index (κ3) is 5.45. The van der Waals surface area contributed by atoms with Crippen LogP contribution in [0.15, 0.2) is 0 Å². The first kappa shape index (κ1) is 12.8. The van der Waals surface area contributed by atoms with E-state index in [9.17, 15) is 14.4 Å². The summed E-state index contributed by atoms with van der Waals surface area (Å²) >= 11 is 0. The fourth-order valence-corrected chi connectivity index (χ4v) is 1.03. The van der Waals surface area contributed by atoms with Crippen molar-refractivity contribution in [1.82, 2.24) is 0 Å². The molecule has 0 saturated carbocycles. The maximum Gasteiger partial charge on any atom is 0.306 e. The van der Waals surface area contributed by atoms with Gasteiger partial charge in [-0.2, -0.15) is 0 Å². The molecule has 1 atom stereocenters. The van der Waals surface area contributed by atoms with E-state index >= 15 is 0 Å². The topological polar surface area (TPSA) is 60.4 Å². The summed E-state index contributed by atoms with van der Waals surface area (Å²) in [6, 6.07) is 0. The molecule has 0 bridgehead atoms. The number of hydrogen-bond acceptors (Lipinski definition) is 4. The van der Waals surface area contributed by atoms with Gasteiger partial charge in [0.05, 0.1) is 13.0 Å². The van der Waals surface area contributed by atoms with E-state index in [4.69, 9.17) is 4.74 Å². The zero-order chi connectivity index (χ0) is 11.0. The fourth-order valence-electron chi connectivity index (χ4n) is 1.03. The van der Waals surface area contributed by atoms with Crippen molar-refractivity contribution >= 4 is 18.0 Å². The molecular formula is C10H16O4. The van der Waals surface area contributed by atoms with Crippen LogP contribution < -0.4 is 0 Å². The molecule has 0 spiro atoms. The highest BCUT2D eigenvalue weighted by atomic mass is 16.5.